The van der Waals surface area contributed by atoms with Crippen molar-refractivity contribution in [3.8, 4) is 5.75 Å². The Labute approximate surface area is 199 Å². The molecule has 1 saturated heterocycles. The highest BCUT2D eigenvalue weighted by Gasteiger charge is 2.35. The highest BCUT2D eigenvalue weighted by molar-refractivity contribution is 7.86. The summed E-state index contributed by atoms with van der Waals surface area (Å²) in [6.45, 7) is 1.66. The van der Waals surface area contributed by atoms with Crippen LogP contribution in [-0.4, -0.2) is 73.2 Å². The van der Waals surface area contributed by atoms with Crippen LogP contribution in [0.5, 0.6) is 5.75 Å². The molecule has 8 heteroatoms. The molecule has 3 aliphatic rings. The van der Waals surface area contributed by atoms with Crippen LogP contribution in [0.1, 0.15) is 69.8 Å². The van der Waals surface area contributed by atoms with E-state index in [0.717, 1.165) is 49.8 Å². The van der Waals surface area contributed by atoms with Gasteiger partial charge in [-0.1, -0.05) is 31.4 Å². The second-order valence-corrected chi connectivity index (χ2v) is 11.8. The number of benzene rings is 1. The van der Waals surface area contributed by atoms with Gasteiger partial charge in [0.1, 0.15) is 5.75 Å². The number of ether oxygens (including phenoxy) is 1. The Morgan fingerprint density at radius 1 is 1.00 bits per heavy atom. The summed E-state index contributed by atoms with van der Waals surface area (Å²) >= 11 is 0. The van der Waals surface area contributed by atoms with E-state index in [1.165, 1.54) is 19.3 Å². The van der Waals surface area contributed by atoms with Gasteiger partial charge in [-0.2, -0.15) is 17.0 Å². The Morgan fingerprint density at radius 2 is 1.67 bits per heavy atom. The van der Waals surface area contributed by atoms with E-state index >= 15 is 0 Å². The lowest BCUT2D eigenvalue weighted by atomic mass is 9.96. The number of hydrogen-bond acceptors (Lipinski definition) is 4. The zero-order valence-corrected chi connectivity index (χ0v) is 20.8. The molecule has 0 atom stereocenters. The summed E-state index contributed by atoms with van der Waals surface area (Å²) in [6.07, 6.45) is 11.4. The maximum absolute atomic E-state index is 13.1. The first-order chi connectivity index (χ1) is 15.9. The number of rotatable bonds is 8. The van der Waals surface area contributed by atoms with Crippen molar-refractivity contribution in [2.75, 3.05) is 33.2 Å². The molecule has 0 radical (unpaired) electrons. The van der Waals surface area contributed by atoms with Gasteiger partial charge in [0.15, 0.2) is 0 Å². The largest absolute Gasteiger partial charge is 0.490 e. The van der Waals surface area contributed by atoms with Crippen LogP contribution in [0.2, 0.25) is 0 Å². The zero-order valence-electron chi connectivity index (χ0n) is 20.0. The van der Waals surface area contributed by atoms with Crippen LogP contribution in [0.15, 0.2) is 24.3 Å². The normalized spacial score (nSPS) is 21.6. The van der Waals surface area contributed by atoms with Crippen LogP contribution in [0.3, 0.4) is 0 Å². The van der Waals surface area contributed by atoms with Crippen molar-refractivity contribution >= 4 is 16.1 Å². The molecule has 7 nitrogen and oxygen atoms in total. The molecule has 1 heterocycles. The minimum Gasteiger partial charge on any atom is -0.490 e. The van der Waals surface area contributed by atoms with E-state index in [9.17, 15) is 13.2 Å². The van der Waals surface area contributed by atoms with Crippen molar-refractivity contribution in [1.29, 1.82) is 0 Å². The number of carbonyl (C=O) groups is 1. The van der Waals surface area contributed by atoms with E-state index in [4.69, 9.17) is 4.74 Å². The fraction of sp³-hybridized carbons (Fsp3) is 0.720. The smallest absolute Gasteiger partial charge is 0.282 e. The molecule has 0 bridgehead atoms. The Bertz CT molecular complexity index is 887. The van der Waals surface area contributed by atoms with Gasteiger partial charge < -0.3 is 9.64 Å². The minimum absolute atomic E-state index is 0.0924. The third-order valence-corrected chi connectivity index (χ3v) is 9.55. The highest BCUT2D eigenvalue weighted by atomic mass is 32.2. The Morgan fingerprint density at radius 3 is 2.36 bits per heavy atom. The first kappa shape index (κ1) is 24.5. The van der Waals surface area contributed by atoms with Gasteiger partial charge >= 0.3 is 0 Å². The quantitative estimate of drug-likeness (QED) is 0.574. The van der Waals surface area contributed by atoms with E-state index in [1.54, 1.807) is 15.7 Å². The molecule has 3 fully saturated rings. The lowest BCUT2D eigenvalue weighted by Gasteiger charge is -2.38. The topological polar surface area (TPSA) is 70.2 Å². The maximum atomic E-state index is 13.1. The summed E-state index contributed by atoms with van der Waals surface area (Å²) in [6, 6.07) is 8.19. The molecule has 33 heavy (non-hydrogen) atoms. The molecular weight excluding hydrogens is 438 g/mol. The fourth-order valence-electron chi connectivity index (χ4n) is 5.37. The third-order valence-electron chi connectivity index (χ3n) is 7.50. The average molecular weight is 478 g/mol. The van der Waals surface area contributed by atoms with Gasteiger partial charge in [-0.3, -0.25) is 4.79 Å². The number of aryl methyl sites for hydroxylation is 1. The molecule has 1 aliphatic heterocycles. The SMILES string of the molecule is CN(C1CCCCC1)S(=O)(=O)N1CCN(C(=O)CCc2cccc(OC3CCCC3)c2)CC1. The van der Waals surface area contributed by atoms with Crippen LogP contribution in [0.25, 0.3) is 0 Å². The molecule has 0 N–H and O–H groups in total. The standard InChI is InChI=1S/C25H39N3O4S/c1-26(22-9-3-2-4-10-22)33(30,31)28-18-16-27(17-19-28)25(29)15-14-21-8-7-13-24(20-21)32-23-11-5-6-12-23/h7-8,13,20,22-23H,2-6,9-12,14-19H2,1H3. The first-order valence-corrected chi connectivity index (χ1v) is 14.1. The summed E-state index contributed by atoms with van der Waals surface area (Å²) in [5.41, 5.74) is 1.11. The van der Waals surface area contributed by atoms with Gasteiger partial charge in [0.25, 0.3) is 10.2 Å². The Balaban J connectivity index is 1.24. The van der Waals surface area contributed by atoms with E-state index in [1.807, 2.05) is 23.1 Å². The number of carbonyl (C=O) groups excluding carboxylic acids is 1. The summed E-state index contributed by atoms with van der Waals surface area (Å²) in [7, 11) is -1.75. The molecule has 184 valence electrons. The number of amides is 1. The van der Waals surface area contributed by atoms with Crippen LogP contribution in [-0.2, 0) is 21.4 Å². The average Bonchev–Trinajstić information content (AvgIpc) is 3.36. The van der Waals surface area contributed by atoms with Crippen LogP contribution in [0, 0.1) is 0 Å². The number of nitrogens with zero attached hydrogens (tertiary/aromatic N) is 3. The van der Waals surface area contributed by atoms with Crippen molar-refractivity contribution in [2.24, 2.45) is 0 Å². The lowest BCUT2D eigenvalue weighted by Crippen LogP contribution is -2.55. The molecular formula is C25H39N3O4S. The monoisotopic (exact) mass is 477 g/mol. The molecule has 4 rings (SSSR count). The molecule has 2 aliphatic carbocycles. The van der Waals surface area contributed by atoms with Crippen molar-refractivity contribution < 1.29 is 17.9 Å². The van der Waals surface area contributed by atoms with Crippen molar-refractivity contribution in [1.82, 2.24) is 13.5 Å². The number of piperazine rings is 1. The fourth-order valence-corrected chi connectivity index (χ4v) is 6.94. The first-order valence-electron chi connectivity index (χ1n) is 12.7. The summed E-state index contributed by atoms with van der Waals surface area (Å²) in [5, 5.41) is 0. The van der Waals surface area contributed by atoms with E-state index < -0.39 is 10.2 Å². The van der Waals surface area contributed by atoms with Crippen LogP contribution < -0.4 is 4.74 Å². The molecule has 0 spiro atoms. The molecule has 2 saturated carbocycles. The van der Waals surface area contributed by atoms with Gasteiger partial charge in [-0.25, -0.2) is 0 Å². The van der Waals surface area contributed by atoms with E-state index in [-0.39, 0.29) is 11.9 Å². The zero-order chi connectivity index (χ0) is 23.3. The maximum Gasteiger partial charge on any atom is 0.282 e. The predicted molar refractivity (Wildman–Crippen MR) is 129 cm³/mol. The molecule has 1 aromatic carbocycles. The van der Waals surface area contributed by atoms with Crippen molar-refractivity contribution in [2.45, 2.75) is 82.8 Å². The molecule has 0 unspecified atom stereocenters. The highest BCUT2D eigenvalue weighted by Crippen LogP contribution is 2.26. The van der Waals surface area contributed by atoms with Crippen LogP contribution in [0.4, 0.5) is 0 Å². The second-order valence-electron chi connectivity index (χ2n) is 9.77. The molecule has 1 amide bonds. The van der Waals surface area contributed by atoms with Gasteiger partial charge in [-0.05, 0) is 62.6 Å². The summed E-state index contributed by atoms with van der Waals surface area (Å²) in [4.78, 5) is 14.6. The number of hydrogen-bond donors (Lipinski definition) is 0. The predicted octanol–water partition coefficient (Wildman–Crippen LogP) is 3.59. The van der Waals surface area contributed by atoms with Gasteiger partial charge in [0.05, 0.1) is 6.10 Å². The summed E-state index contributed by atoms with van der Waals surface area (Å²) < 4.78 is 35.3. The van der Waals surface area contributed by atoms with E-state index in [0.29, 0.717) is 45.1 Å². The van der Waals surface area contributed by atoms with E-state index in [2.05, 4.69) is 6.07 Å². The molecule has 1 aromatic rings. The second kappa shape index (κ2) is 11.2. The molecule has 0 aromatic heterocycles. The van der Waals surface area contributed by atoms with Gasteiger partial charge in [0.2, 0.25) is 5.91 Å². The lowest BCUT2D eigenvalue weighted by molar-refractivity contribution is -0.132. The summed E-state index contributed by atoms with van der Waals surface area (Å²) in [5.74, 6) is 0.988. The Hall–Kier alpha value is -1.64. The minimum atomic E-state index is -3.47. The third kappa shape index (κ3) is 6.28. The van der Waals surface area contributed by atoms with Gasteiger partial charge in [-0.15, -0.1) is 0 Å². The van der Waals surface area contributed by atoms with Crippen molar-refractivity contribution in [3.05, 3.63) is 29.8 Å². The Kier molecular flexibility index (Phi) is 8.30. The van der Waals surface area contributed by atoms with Crippen molar-refractivity contribution in [3.63, 3.8) is 0 Å². The van der Waals surface area contributed by atoms with Crippen LogP contribution >= 0.6 is 0 Å². The van der Waals surface area contributed by atoms with Gasteiger partial charge in [0, 0.05) is 45.7 Å².